The molecule has 48 valence electrons. The number of nitrogens with zero attached hydrogens (tertiary/aromatic N) is 1. The number of hydrogen-bond donors (Lipinski definition) is 0. The van der Waals surface area contributed by atoms with Gasteiger partial charge in [0.25, 0.3) is 0 Å². The number of alkyl halides is 1. The maximum absolute atomic E-state index is 5.65. The van der Waals surface area contributed by atoms with Crippen LogP contribution in [-0.4, -0.2) is 37.2 Å². The molecule has 1 heterocycles. The molecule has 1 aliphatic heterocycles. The van der Waals surface area contributed by atoms with E-state index in [0.29, 0.717) is 6.04 Å². The first kappa shape index (κ1) is 6.33. The number of rotatable bonds is 1. The quantitative estimate of drug-likeness (QED) is 0.486. The van der Waals surface area contributed by atoms with Crippen LogP contribution in [0.4, 0.5) is 0 Å². The molecule has 0 amide bonds. The second-order valence-electron chi connectivity index (χ2n) is 2.22. The summed E-state index contributed by atoms with van der Waals surface area (Å²) < 4.78 is 4.93. The van der Waals surface area contributed by atoms with Gasteiger partial charge in [0.1, 0.15) is 5.56 Å². The molecule has 1 aliphatic rings. The van der Waals surface area contributed by atoms with Crippen LogP contribution in [0, 0.1) is 0 Å². The average molecular weight is 136 g/mol. The molecule has 1 rings (SSSR count). The van der Waals surface area contributed by atoms with Gasteiger partial charge in [-0.05, 0) is 14.1 Å². The molecule has 1 saturated heterocycles. The van der Waals surface area contributed by atoms with Crippen molar-refractivity contribution in [3.63, 3.8) is 0 Å². The van der Waals surface area contributed by atoms with Gasteiger partial charge in [-0.3, -0.25) is 0 Å². The molecule has 0 aliphatic carbocycles. The zero-order chi connectivity index (χ0) is 6.15. The molecular weight excluding hydrogens is 126 g/mol. The minimum absolute atomic E-state index is 0.0787. The van der Waals surface area contributed by atoms with Crippen molar-refractivity contribution in [3.8, 4) is 0 Å². The van der Waals surface area contributed by atoms with Gasteiger partial charge in [-0.2, -0.15) is 0 Å². The second-order valence-corrected chi connectivity index (χ2v) is 2.65. The minimum atomic E-state index is -0.0787. The number of ether oxygens (including phenoxy) is 1. The molecule has 0 spiro atoms. The van der Waals surface area contributed by atoms with Gasteiger partial charge in [-0.15, -0.1) is 0 Å². The zero-order valence-electron chi connectivity index (χ0n) is 5.10. The van der Waals surface area contributed by atoms with E-state index in [1.54, 1.807) is 0 Å². The maximum Gasteiger partial charge on any atom is 0.148 e. The van der Waals surface area contributed by atoms with Gasteiger partial charge in [0.2, 0.25) is 0 Å². The van der Waals surface area contributed by atoms with Crippen LogP contribution in [0.2, 0.25) is 0 Å². The third kappa shape index (κ3) is 0.966. The SMILES string of the molecule is CN(C)C1COC1Cl. The Morgan fingerprint density at radius 3 is 2.25 bits per heavy atom. The van der Waals surface area contributed by atoms with Crippen LogP contribution >= 0.6 is 11.6 Å². The maximum atomic E-state index is 5.65. The largest absolute Gasteiger partial charge is 0.359 e. The van der Waals surface area contributed by atoms with Gasteiger partial charge < -0.3 is 9.64 Å². The molecular formula is C5H10ClNO. The van der Waals surface area contributed by atoms with Crippen LogP contribution in [0.3, 0.4) is 0 Å². The predicted octanol–water partition coefficient (Wildman–Crippen LogP) is 0.512. The van der Waals surface area contributed by atoms with Gasteiger partial charge >= 0.3 is 0 Å². The third-order valence-electron chi connectivity index (χ3n) is 1.39. The molecule has 0 N–H and O–H groups in total. The van der Waals surface area contributed by atoms with Crippen LogP contribution in [-0.2, 0) is 4.74 Å². The predicted molar refractivity (Wildman–Crippen MR) is 33.1 cm³/mol. The summed E-state index contributed by atoms with van der Waals surface area (Å²) in [6, 6.07) is 0.427. The smallest absolute Gasteiger partial charge is 0.148 e. The van der Waals surface area contributed by atoms with E-state index in [2.05, 4.69) is 4.90 Å². The van der Waals surface area contributed by atoms with Crippen molar-refractivity contribution in [2.24, 2.45) is 0 Å². The van der Waals surface area contributed by atoms with Crippen molar-refractivity contribution in [2.75, 3.05) is 20.7 Å². The van der Waals surface area contributed by atoms with Crippen molar-refractivity contribution < 1.29 is 4.74 Å². The molecule has 0 radical (unpaired) electrons. The van der Waals surface area contributed by atoms with Crippen LogP contribution in [0.15, 0.2) is 0 Å². The van der Waals surface area contributed by atoms with Crippen molar-refractivity contribution in [3.05, 3.63) is 0 Å². The fraction of sp³-hybridized carbons (Fsp3) is 1.00. The lowest BCUT2D eigenvalue weighted by molar-refractivity contribution is -0.0757. The van der Waals surface area contributed by atoms with Gasteiger partial charge in [-0.1, -0.05) is 11.6 Å². The lowest BCUT2D eigenvalue weighted by atomic mass is 10.2. The minimum Gasteiger partial charge on any atom is -0.359 e. The Kier molecular flexibility index (Phi) is 1.75. The summed E-state index contributed by atoms with van der Waals surface area (Å²) in [4.78, 5) is 2.07. The summed E-state index contributed by atoms with van der Waals surface area (Å²) in [5.74, 6) is 0. The monoisotopic (exact) mass is 135 g/mol. The van der Waals surface area contributed by atoms with Crippen LogP contribution < -0.4 is 0 Å². The van der Waals surface area contributed by atoms with E-state index in [9.17, 15) is 0 Å². The number of likely N-dealkylation sites (N-methyl/N-ethyl adjacent to an activating group) is 1. The van der Waals surface area contributed by atoms with Crippen LogP contribution in [0.5, 0.6) is 0 Å². The Hall–Kier alpha value is 0.210. The molecule has 3 heteroatoms. The topological polar surface area (TPSA) is 12.5 Å². The zero-order valence-corrected chi connectivity index (χ0v) is 5.85. The van der Waals surface area contributed by atoms with E-state index in [-0.39, 0.29) is 5.56 Å². The van der Waals surface area contributed by atoms with E-state index < -0.39 is 0 Å². The summed E-state index contributed by atoms with van der Waals surface area (Å²) in [6.45, 7) is 0.779. The van der Waals surface area contributed by atoms with Crippen LogP contribution in [0.1, 0.15) is 0 Å². The van der Waals surface area contributed by atoms with E-state index in [1.807, 2.05) is 14.1 Å². The molecule has 1 fully saturated rings. The van der Waals surface area contributed by atoms with Crippen molar-refractivity contribution >= 4 is 11.6 Å². The number of hydrogen-bond acceptors (Lipinski definition) is 2. The first-order valence-electron chi connectivity index (χ1n) is 2.64. The highest BCUT2D eigenvalue weighted by atomic mass is 35.5. The highest BCUT2D eigenvalue weighted by Crippen LogP contribution is 2.19. The van der Waals surface area contributed by atoms with Crippen LogP contribution in [0.25, 0.3) is 0 Å². The van der Waals surface area contributed by atoms with Gasteiger partial charge in [0.15, 0.2) is 0 Å². The molecule has 0 aromatic rings. The first-order chi connectivity index (χ1) is 3.72. The Morgan fingerprint density at radius 1 is 1.62 bits per heavy atom. The van der Waals surface area contributed by atoms with Crippen molar-refractivity contribution in [1.29, 1.82) is 0 Å². The Labute approximate surface area is 54.4 Å². The Morgan fingerprint density at radius 2 is 2.25 bits per heavy atom. The van der Waals surface area contributed by atoms with Crippen molar-refractivity contribution in [2.45, 2.75) is 11.6 Å². The summed E-state index contributed by atoms with van der Waals surface area (Å²) in [5.41, 5.74) is -0.0787. The van der Waals surface area contributed by atoms with Crippen molar-refractivity contribution in [1.82, 2.24) is 4.90 Å². The molecule has 2 unspecified atom stereocenters. The van der Waals surface area contributed by atoms with E-state index in [4.69, 9.17) is 16.3 Å². The summed E-state index contributed by atoms with van der Waals surface area (Å²) >= 11 is 5.65. The third-order valence-corrected chi connectivity index (χ3v) is 1.81. The Balaban J connectivity index is 2.26. The fourth-order valence-corrected chi connectivity index (χ4v) is 1.01. The molecule has 0 bridgehead atoms. The second kappa shape index (κ2) is 2.21. The highest BCUT2D eigenvalue weighted by Gasteiger charge is 2.31. The first-order valence-corrected chi connectivity index (χ1v) is 3.07. The average Bonchev–Trinajstić information content (AvgIpc) is 1.61. The highest BCUT2D eigenvalue weighted by molar-refractivity contribution is 6.20. The molecule has 0 aromatic heterocycles. The molecule has 2 nitrogen and oxygen atoms in total. The van der Waals surface area contributed by atoms with E-state index >= 15 is 0 Å². The van der Waals surface area contributed by atoms with E-state index in [0.717, 1.165) is 6.61 Å². The summed E-state index contributed by atoms with van der Waals surface area (Å²) in [5, 5.41) is 0. The Bertz CT molecular complexity index is 81.7. The normalized spacial score (nSPS) is 37.5. The molecule has 0 saturated carbocycles. The standard InChI is InChI=1S/C5H10ClNO/c1-7(2)4-3-8-5(4)6/h4-5H,3H2,1-2H3. The van der Waals surface area contributed by atoms with E-state index in [1.165, 1.54) is 0 Å². The lowest BCUT2D eigenvalue weighted by Gasteiger charge is -2.36. The molecule has 0 aromatic carbocycles. The van der Waals surface area contributed by atoms with Gasteiger partial charge in [-0.25, -0.2) is 0 Å². The lowest BCUT2D eigenvalue weighted by Crippen LogP contribution is -2.50. The summed E-state index contributed by atoms with van der Waals surface area (Å²) in [7, 11) is 4.01. The number of halogens is 1. The van der Waals surface area contributed by atoms with Gasteiger partial charge in [0.05, 0.1) is 12.6 Å². The molecule has 8 heavy (non-hydrogen) atoms. The van der Waals surface area contributed by atoms with Gasteiger partial charge in [0, 0.05) is 0 Å². The fourth-order valence-electron chi connectivity index (χ4n) is 0.639. The summed E-state index contributed by atoms with van der Waals surface area (Å²) in [6.07, 6.45) is 0. The molecule has 2 atom stereocenters.